The summed E-state index contributed by atoms with van der Waals surface area (Å²) in [6, 6.07) is 3.88. The van der Waals surface area contributed by atoms with Gasteiger partial charge in [0.1, 0.15) is 17.9 Å². The van der Waals surface area contributed by atoms with E-state index in [4.69, 9.17) is 16.0 Å². The topological polar surface area (TPSA) is 93.8 Å². The molecule has 1 N–H and O–H groups in total. The van der Waals surface area contributed by atoms with E-state index in [0.717, 1.165) is 6.07 Å². The SMILES string of the molecule is O=C(Cc1nnc(-c2cnccn2)o1)Nc1ccc(F)c(Cl)c1. The quantitative estimate of drug-likeness (QED) is 0.788. The van der Waals surface area contributed by atoms with Crippen LogP contribution in [0.2, 0.25) is 5.02 Å². The summed E-state index contributed by atoms with van der Waals surface area (Å²) in [7, 11) is 0. The van der Waals surface area contributed by atoms with Gasteiger partial charge in [0.15, 0.2) is 0 Å². The number of nitrogens with one attached hydrogen (secondary N) is 1. The van der Waals surface area contributed by atoms with Crippen LogP contribution in [0.25, 0.3) is 11.6 Å². The van der Waals surface area contributed by atoms with Gasteiger partial charge in [0.05, 0.1) is 11.2 Å². The molecule has 3 rings (SSSR count). The van der Waals surface area contributed by atoms with Crippen LogP contribution in [-0.2, 0) is 11.2 Å². The Morgan fingerprint density at radius 2 is 2.17 bits per heavy atom. The van der Waals surface area contributed by atoms with Crippen molar-refractivity contribution in [2.75, 3.05) is 5.32 Å². The first-order valence-electron chi connectivity index (χ1n) is 6.45. The summed E-state index contributed by atoms with van der Waals surface area (Å²) >= 11 is 5.65. The van der Waals surface area contributed by atoms with E-state index in [-0.39, 0.29) is 23.2 Å². The van der Waals surface area contributed by atoms with Gasteiger partial charge in [-0.3, -0.25) is 9.78 Å². The van der Waals surface area contributed by atoms with E-state index in [2.05, 4.69) is 25.5 Å². The Morgan fingerprint density at radius 1 is 1.30 bits per heavy atom. The van der Waals surface area contributed by atoms with Gasteiger partial charge in [-0.25, -0.2) is 9.37 Å². The lowest BCUT2D eigenvalue weighted by Gasteiger charge is -2.04. The Balaban J connectivity index is 1.66. The van der Waals surface area contributed by atoms with Crippen molar-refractivity contribution in [3.05, 3.63) is 53.5 Å². The minimum absolute atomic E-state index is 0.0782. The van der Waals surface area contributed by atoms with Crippen molar-refractivity contribution in [2.45, 2.75) is 6.42 Å². The lowest BCUT2D eigenvalue weighted by molar-refractivity contribution is -0.115. The molecule has 0 aliphatic heterocycles. The molecule has 3 aromatic rings. The molecule has 0 fully saturated rings. The highest BCUT2D eigenvalue weighted by molar-refractivity contribution is 6.31. The van der Waals surface area contributed by atoms with Crippen molar-refractivity contribution in [1.29, 1.82) is 0 Å². The van der Waals surface area contributed by atoms with Crippen molar-refractivity contribution in [3.63, 3.8) is 0 Å². The number of nitrogens with zero attached hydrogens (tertiary/aromatic N) is 4. The lowest BCUT2D eigenvalue weighted by Crippen LogP contribution is -2.14. The number of carbonyl (C=O) groups is 1. The molecular formula is C14H9ClFN5O2. The van der Waals surface area contributed by atoms with Crippen molar-refractivity contribution in [1.82, 2.24) is 20.2 Å². The van der Waals surface area contributed by atoms with Crippen molar-refractivity contribution in [3.8, 4) is 11.6 Å². The second-order valence-corrected chi connectivity index (χ2v) is 4.85. The molecule has 2 heterocycles. The first kappa shape index (κ1) is 15.0. The fourth-order valence-electron chi connectivity index (χ4n) is 1.75. The molecule has 23 heavy (non-hydrogen) atoms. The summed E-state index contributed by atoms with van der Waals surface area (Å²) in [5, 5.41) is 10.1. The maximum atomic E-state index is 13.1. The molecule has 7 nitrogen and oxygen atoms in total. The number of carbonyl (C=O) groups excluding carboxylic acids is 1. The summed E-state index contributed by atoms with van der Waals surface area (Å²) < 4.78 is 18.4. The summed E-state index contributed by atoms with van der Waals surface area (Å²) in [5.74, 6) is -0.667. The van der Waals surface area contributed by atoms with E-state index in [0.29, 0.717) is 11.4 Å². The second-order valence-electron chi connectivity index (χ2n) is 4.45. The first-order valence-corrected chi connectivity index (χ1v) is 6.83. The number of aromatic nitrogens is 4. The third kappa shape index (κ3) is 3.67. The highest BCUT2D eigenvalue weighted by Gasteiger charge is 2.14. The fraction of sp³-hybridized carbons (Fsp3) is 0.0714. The van der Waals surface area contributed by atoms with E-state index in [1.807, 2.05) is 0 Å². The minimum atomic E-state index is -0.560. The first-order chi connectivity index (χ1) is 11.1. The van der Waals surface area contributed by atoms with E-state index in [9.17, 15) is 9.18 Å². The van der Waals surface area contributed by atoms with Crippen molar-refractivity contribution in [2.24, 2.45) is 0 Å². The number of rotatable bonds is 4. The van der Waals surface area contributed by atoms with Crippen LogP contribution in [0.3, 0.4) is 0 Å². The largest absolute Gasteiger partial charge is 0.419 e. The summed E-state index contributed by atoms with van der Waals surface area (Å²) in [6.07, 6.45) is 4.34. The second kappa shape index (κ2) is 6.49. The Hall–Kier alpha value is -2.87. The Bertz CT molecular complexity index is 840. The summed E-state index contributed by atoms with van der Waals surface area (Å²) in [4.78, 5) is 19.8. The summed E-state index contributed by atoms with van der Waals surface area (Å²) in [5.41, 5.74) is 0.784. The van der Waals surface area contributed by atoms with Gasteiger partial charge in [0.25, 0.3) is 5.89 Å². The predicted octanol–water partition coefficient (Wildman–Crippen LogP) is 2.50. The maximum Gasteiger partial charge on any atom is 0.267 e. The van der Waals surface area contributed by atoms with E-state index in [1.54, 1.807) is 0 Å². The minimum Gasteiger partial charge on any atom is -0.419 e. The van der Waals surface area contributed by atoms with Gasteiger partial charge < -0.3 is 9.73 Å². The summed E-state index contributed by atoms with van der Waals surface area (Å²) in [6.45, 7) is 0. The smallest absolute Gasteiger partial charge is 0.267 e. The molecule has 0 aliphatic carbocycles. The molecule has 0 atom stereocenters. The number of hydrogen-bond acceptors (Lipinski definition) is 6. The number of halogens is 2. The zero-order valence-corrected chi connectivity index (χ0v) is 12.3. The van der Waals surface area contributed by atoms with Gasteiger partial charge in [0.2, 0.25) is 11.8 Å². The van der Waals surface area contributed by atoms with Crippen LogP contribution in [-0.4, -0.2) is 26.1 Å². The Kier molecular flexibility index (Phi) is 4.24. The number of amides is 1. The van der Waals surface area contributed by atoms with Crippen LogP contribution < -0.4 is 5.32 Å². The fourth-order valence-corrected chi connectivity index (χ4v) is 1.94. The molecule has 116 valence electrons. The van der Waals surface area contributed by atoms with Gasteiger partial charge in [-0.1, -0.05) is 11.6 Å². The van der Waals surface area contributed by atoms with Crippen LogP contribution in [0.1, 0.15) is 5.89 Å². The lowest BCUT2D eigenvalue weighted by atomic mass is 10.3. The molecule has 9 heteroatoms. The van der Waals surface area contributed by atoms with Gasteiger partial charge in [-0.2, -0.15) is 0 Å². The van der Waals surface area contributed by atoms with Gasteiger partial charge in [0, 0.05) is 18.1 Å². The standard InChI is InChI=1S/C14H9ClFN5O2/c15-9-5-8(1-2-10(9)16)19-12(22)6-13-20-21-14(23-13)11-7-17-3-4-18-11/h1-5,7H,6H2,(H,19,22). The monoisotopic (exact) mass is 333 g/mol. The van der Waals surface area contributed by atoms with Crippen molar-refractivity contribution >= 4 is 23.2 Å². The zero-order valence-electron chi connectivity index (χ0n) is 11.5. The molecular weight excluding hydrogens is 325 g/mol. The van der Waals surface area contributed by atoms with Crippen LogP contribution in [0.4, 0.5) is 10.1 Å². The van der Waals surface area contributed by atoms with Crippen LogP contribution >= 0.6 is 11.6 Å². The maximum absolute atomic E-state index is 13.1. The molecule has 2 aromatic heterocycles. The Labute approximate surface area is 134 Å². The molecule has 1 aromatic carbocycles. The zero-order chi connectivity index (χ0) is 16.2. The van der Waals surface area contributed by atoms with E-state index < -0.39 is 11.7 Å². The van der Waals surface area contributed by atoms with Crippen LogP contribution in [0.5, 0.6) is 0 Å². The van der Waals surface area contributed by atoms with E-state index >= 15 is 0 Å². The molecule has 0 unspecified atom stereocenters. The van der Waals surface area contributed by atoms with Crippen molar-refractivity contribution < 1.29 is 13.6 Å². The number of hydrogen-bond donors (Lipinski definition) is 1. The average Bonchev–Trinajstić information content (AvgIpc) is 3.00. The van der Waals surface area contributed by atoms with Gasteiger partial charge >= 0.3 is 0 Å². The van der Waals surface area contributed by atoms with Crippen LogP contribution in [0.15, 0.2) is 41.2 Å². The molecule has 0 radical (unpaired) electrons. The molecule has 0 aliphatic rings. The van der Waals surface area contributed by atoms with Gasteiger partial charge in [-0.05, 0) is 18.2 Å². The molecule has 1 amide bonds. The number of anilines is 1. The third-order valence-corrected chi connectivity index (χ3v) is 3.05. The molecule has 0 saturated heterocycles. The number of benzene rings is 1. The highest BCUT2D eigenvalue weighted by Crippen LogP contribution is 2.19. The van der Waals surface area contributed by atoms with Crippen LogP contribution in [0, 0.1) is 5.82 Å². The molecule has 0 saturated carbocycles. The van der Waals surface area contributed by atoms with Gasteiger partial charge in [-0.15, -0.1) is 10.2 Å². The van der Waals surface area contributed by atoms with E-state index in [1.165, 1.54) is 30.7 Å². The Morgan fingerprint density at radius 3 is 2.91 bits per heavy atom. The normalized spacial score (nSPS) is 10.5. The average molecular weight is 334 g/mol. The molecule has 0 spiro atoms. The third-order valence-electron chi connectivity index (χ3n) is 2.76. The molecule has 0 bridgehead atoms. The predicted molar refractivity (Wildman–Crippen MR) is 79.1 cm³/mol. The highest BCUT2D eigenvalue weighted by atomic mass is 35.5.